The smallest absolute Gasteiger partial charge is 0.159 e. The van der Waals surface area contributed by atoms with Crippen molar-refractivity contribution < 1.29 is 9.84 Å². The zero-order chi connectivity index (χ0) is 19.9. The Kier molecular flexibility index (Phi) is 11.0. The van der Waals surface area contributed by atoms with E-state index in [1.165, 1.54) is 44.9 Å². The topological polar surface area (TPSA) is 55.2 Å². The summed E-state index contributed by atoms with van der Waals surface area (Å²) in [5, 5.41) is 8.81. The van der Waals surface area contributed by atoms with E-state index in [4.69, 9.17) is 9.84 Å². The molecule has 1 N–H and O–H groups in total. The molecule has 0 aliphatic heterocycles. The number of rotatable bonds is 14. The zero-order valence-corrected chi connectivity index (χ0v) is 17.1. The van der Waals surface area contributed by atoms with Crippen LogP contribution >= 0.6 is 0 Å². The number of aliphatic hydroxyl groups is 1. The van der Waals surface area contributed by atoms with Crippen molar-refractivity contribution in [1.82, 2.24) is 9.97 Å². The Balaban J connectivity index is 1.68. The lowest BCUT2D eigenvalue weighted by atomic mass is 10.1. The van der Waals surface area contributed by atoms with Gasteiger partial charge in [0.1, 0.15) is 0 Å². The van der Waals surface area contributed by atoms with E-state index in [9.17, 15) is 0 Å². The van der Waals surface area contributed by atoms with Crippen LogP contribution in [-0.2, 0) is 0 Å². The van der Waals surface area contributed by atoms with Gasteiger partial charge in [0.25, 0.3) is 0 Å². The van der Waals surface area contributed by atoms with Crippen LogP contribution in [0.4, 0.5) is 0 Å². The Morgan fingerprint density at radius 1 is 0.893 bits per heavy atom. The molecule has 1 aromatic heterocycles. The molecule has 0 atom stereocenters. The van der Waals surface area contributed by atoms with Gasteiger partial charge in [-0.15, -0.1) is 0 Å². The van der Waals surface area contributed by atoms with E-state index in [0.717, 1.165) is 29.9 Å². The number of hydrogen-bond acceptors (Lipinski definition) is 4. The maximum Gasteiger partial charge on any atom is 0.159 e. The maximum absolute atomic E-state index is 8.81. The molecular weight excluding hydrogens is 348 g/mol. The molecular formula is C24H34N2O2. The first-order chi connectivity index (χ1) is 13.8. The van der Waals surface area contributed by atoms with E-state index in [0.29, 0.717) is 12.2 Å². The van der Waals surface area contributed by atoms with Crippen molar-refractivity contribution in [1.29, 1.82) is 0 Å². The molecule has 4 heteroatoms. The molecule has 2 aromatic rings. The van der Waals surface area contributed by atoms with Gasteiger partial charge in [0.15, 0.2) is 11.6 Å². The van der Waals surface area contributed by atoms with Gasteiger partial charge in [0.05, 0.1) is 19.0 Å². The SMILES string of the molecule is CCCCCCCCCCOc1cnc(-c2ccc(C=CCCO)cc2)nc1. The summed E-state index contributed by atoms with van der Waals surface area (Å²) < 4.78 is 5.76. The summed E-state index contributed by atoms with van der Waals surface area (Å²) in [5.74, 6) is 1.43. The summed E-state index contributed by atoms with van der Waals surface area (Å²) in [4.78, 5) is 8.85. The van der Waals surface area contributed by atoms with Gasteiger partial charge in [-0.3, -0.25) is 0 Å². The molecule has 1 heterocycles. The number of benzene rings is 1. The van der Waals surface area contributed by atoms with Gasteiger partial charge in [0, 0.05) is 12.2 Å². The highest BCUT2D eigenvalue weighted by molar-refractivity contribution is 5.59. The largest absolute Gasteiger partial charge is 0.490 e. The first kappa shape index (κ1) is 22.1. The third-order valence-electron chi connectivity index (χ3n) is 4.67. The standard InChI is InChI=1S/C24H34N2O2/c1-2-3-4-5-6-7-8-11-18-28-23-19-25-24(26-20-23)22-15-13-21(14-16-22)12-9-10-17-27/h9,12-16,19-20,27H,2-8,10-11,17-18H2,1H3. The van der Waals surface area contributed by atoms with E-state index in [1.807, 2.05) is 36.4 Å². The van der Waals surface area contributed by atoms with Crippen LogP contribution in [0.15, 0.2) is 42.7 Å². The molecule has 0 spiro atoms. The molecule has 28 heavy (non-hydrogen) atoms. The first-order valence-corrected chi connectivity index (χ1v) is 10.7. The van der Waals surface area contributed by atoms with Gasteiger partial charge in [0.2, 0.25) is 0 Å². The third-order valence-corrected chi connectivity index (χ3v) is 4.67. The minimum atomic E-state index is 0.176. The molecule has 2 rings (SSSR count). The summed E-state index contributed by atoms with van der Waals surface area (Å²) in [6, 6.07) is 8.07. The monoisotopic (exact) mass is 382 g/mol. The van der Waals surface area contributed by atoms with Crippen LogP contribution in [0.1, 0.15) is 70.3 Å². The van der Waals surface area contributed by atoms with Crippen LogP contribution in [0.5, 0.6) is 5.75 Å². The minimum absolute atomic E-state index is 0.176. The van der Waals surface area contributed by atoms with Crippen molar-refractivity contribution in [3.63, 3.8) is 0 Å². The van der Waals surface area contributed by atoms with E-state index in [2.05, 4.69) is 16.9 Å². The number of nitrogens with zero attached hydrogens (tertiary/aromatic N) is 2. The fourth-order valence-corrected chi connectivity index (χ4v) is 3.00. The van der Waals surface area contributed by atoms with Crippen molar-refractivity contribution in [3.8, 4) is 17.1 Å². The number of aromatic nitrogens is 2. The highest BCUT2D eigenvalue weighted by atomic mass is 16.5. The molecule has 4 nitrogen and oxygen atoms in total. The lowest BCUT2D eigenvalue weighted by molar-refractivity contribution is 0.302. The number of ether oxygens (including phenoxy) is 1. The van der Waals surface area contributed by atoms with Gasteiger partial charge >= 0.3 is 0 Å². The van der Waals surface area contributed by atoms with Crippen LogP contribution in [0, 0.1) is 0 Å². The molecule has 0 saturated carbocycles. The Hall–Kier alpha value is -2.20. The Morgan fingerprint density at radius 2 is 1.54 bits per heavy atom. The second kappa shape index (κ2) is 13.9. The van der Waals surface area contributed by atoms with Crippen LogP contribution in [0.25, 0.3) is 17.5 Å². The number of hydrogen-bond donors (Lipinski definition) is 1. The van der Waals surface area contributed by atoms with Gasteiger partial charge in [-0.25, -0.2) is 9.97 Å². The number of unbranched alkanes of at least 4 members (excludes halogenated alkanes) is 7. The average molecular weight is 383 g/mol. The average Bonchev–Trinajstić information content (AvgIpc) is 2.74. The van der Waals surface area contributed by atoms with Crippen molar-refractivity contribution in [2.45, 2.75) is 64.7 Å². The predicted molar refractivity (Wildman–Crippen MR) is 116 cm³/mol. The summed E-state index contributed by atoms with van der Waals surface area (Å²) >= 11 is 0. The van der Waals surface area contributed by atoms with Crippen molar-refractivity contribution in [3.05, 3.63) is 48.3 Å². The highest BCUT2D eigenvalue weighted by Gasteiger charge is 2.02. The van der Waals surface area contributed by atoms with Crippen LogP contribution in [0.3, 0.4) is 0 Å². The maximum atomic E-state index is 8.81. The van der Waals surface area contributed by atoms with Crippen molar-refractivity contribution >= 4 is 6.08 Å². The molecule has 0 bridgehead atoms. The van der Waals surface area contributed by atoms with E-state index in [-0.39, 0.29) is 6.61 Å². The third kappa shape index (κ3) is 8.66. The van der Waals surface area contributed by atoms with Crippen molar-refractivity contribution in [2.75, 3.05) is 13.2 Å². The minimum Gasteiger partial charge on any atom is -0.490 e. The highest BCUT2D eigenvalue weighted by Crippen LogP contribution is 2.18. The predicted octanol–water partition coefficient (Wildman–Crippen LogP) is 6.06. The fourth-order valence-electron chi connectivity index (χ4n) is 3.00. The van der Waals surface area contributed by atoms with E-state index >= 15 is 0 Å². The Labute approximate surface area is 169 Å². The second-order valence-corrected chi connectivity index (χ2v) is 7.10. The van der Waals surface area contributed by atoms with E-state index in [1.54, 1.807) is 12.4 Å². The summed E-state index contributed by atoms with van der Waals surface area (Å²) in [6.45, 7) is 3.16. The normalized spacial score (nSPS) is 11.2. The molecule has 0 radical (unpaired) electrons. The summed E-state index contributed by atoms with van der Waals surface area (Å²) in [6.07, 6.45) is 18.5. The molecule has 0 amide bonds. The molecule has 0 saturated heterocycles. The van der Waals surface area contributed by atoms with Gasteiger partial charge < -0.3 is 9.84 Å². The molecule has 0 fully saturated rings. The van der Waals surface area contributed by atoms with Gasteiger partial charge in [-0.2, -0.15) is 0 Å². The van der Waals surface area contributed by atoms with Crippen LogP contribution < -0.4 is 4.74 Å². The summed E-state index contributed by atoms with van der Waals surface area (Å²) in [7, 11) is 0. The molecule has 0 aliphatic rings. The molecule has 1 aromatic carbocycles. The van der Waals surface area contributed by atoms with Crippen LogP contribution in [0.2, 0.25) is 0 Å². The zero-order valence-electron chi connectivity index (χ0n) is 17.1. The lowest BCUT2D eigenvalue weighted by Crippen LogP contribution is -1.99. The molecule has 0 unspecified atom stereocenters. The molecule has 152 valence electrons. The number of aliphatic hydroxyl groups excluding tert-OH is 1. The van der Waals surface area contributed by atoms with Crippen LogP contribution in [-0.4, -0.2) is 28.3 Å². The second-order valence-electron chi connectivity index (χ2n) is 7.10. The summed E-state index contributed by atoms with van der Waals surface area (Å²) in [5.41, 5.74) is 2.08. The van der Waals surface area contributed by atoms with Gasteiger partial charge in [-0.05, 0) is 18.4 Å². The Bertz CT molecular complexity index is 666. The molecule has 0 aliphatic carbocycles. The van der Waals surface area contributed by atoms with Crippen molar-refractivity contribution in [2.24, 2.45) is 0 Å². The Morgan fingerprint density at radius 3 is 2.18 bits per heavy atom. The quantitative estimate of drug-likeness (QED) is 0.404. The fraction of sp³-hybridized carbons (Fsp3) is 0.500. The van der Waals surface area contributed by atoms with E-state index < -0.39 is 0 Å². The first-order valence-electron chi connectivity index (χ1n) is 10.7. The van der Waals surface area contributed by atoms with Gasteiger partial charge in [-0.1, -0.05) is 88.3 Å². The lowest BCUT2D eigenvalue weighted by Gasteiger charge is -2.06.